The maximum atomic E-state index is 12.0. The summed E-state index contributed by atoms with van der Waals surface area (Å²) < 4.78 is 0. The van der Waals surface area contributed by atoms with Crippen LogP contribution in [0.25, 0.3) is 0 Å². The Balaban J connectivity index is 1.98. The molecule has 0 radical (unpaired) electrons. The molecule has 0 saturated heterocycles. The van der Waals surface area contributed by atoms with Gasteiger partial charge in [-0.25, -0.2) is 4.99 Å². The summed E-state index contributed by atoms with van der Waals surface area (Å²) in [4.78, 5) is 19.7. The minimum absolute atomic E-state index is 0.0160. The number of aliphatic imine (C=N–C) groups is 2. The van der Waals surface area contributed by atoms with Gasteiger partial charge in [0, 0.05) is 11.6 Å². The molecule has 21 heavy (non-hydrogen) atoms. The SMILES string of the molecule is NC(N)=NC(N)=Nc1ccc(NC(=O)C2CCCC2)cc1. The zero-order valence-corrected chi connectivity index (χ0v) is 11.7. The van der Waals surface area contributed by atoms with Gasteiger partial charge in [-0.05, 0) is 37.1 Å². The predicted octanol–water partition coefficient (Wildman–Crippen LogP) is 1.03. The summed E-state index contributed by atoms with van der Waals surface area (Å²) in [5.74, 6) is 0.0680. The molecular formula is C14H20N6O. The largest absolute Gasteiger partial charge is 0.370 e. The van der Waals surface area contributed by atoms with E-state index >= 15 is 0 Å². The van der Waals surface area contributed by atoms with Gasteiger partial charge >= 0.3 is 0 Å². The van der Waals surface area contributed by atoms with E-state index in [1.807, 2.05) is 0 Å². The summed E-state index contributed by atoms with van der Waals surface area (Å²) in [6, 6.07) is 7.02. The highest BCUT2D eigenvalue weighted by atomic mass is 16.1. The van der Waals surface area contributed by atoms with Gasteiger partial charge in [0.2, 0.25) is 11.9 Å². The molecule has 1 saturated carbocycles. The number of nitrogens with one attached hydrogen (secondary N) is 1. The highest BCUT2D eigenvalue weighted by Gasteiger charge is 2.22. The maximum Gasteiger partial charge on any atom is 0.227 e. The monoisotopic (exact) mass is 288 g/mol. The van der Waals surface area contributed by atoms with Gasteiger partial charge in [-0.15, -0.1) is 0 Å². The first-order chi connectivity index (χ1) is 10.0. The van der Waals surface area contributed by atoms with Crippen LogP contribution >= 0.6 is 0 Å². The van der Waals surface area contributed by atoms with Crippen molar-refractivity contribution in [1.29, 1.82) is 0 Å². The van der Waals surface area contributed by atoms with Gasteiger partial charge in [0.15, 0.2) is 5.96 Å². The second kappa shape index (κ2) is 6.74. The Hall–Kier alpha value is -2.57. The number of carbonyl (C=O) groups excluding carboxylic acids is 1. The second-order valence-corrected chi connectivity index (χ2v) is 5.02. The molecule has 1 aromatic carbocycles. The third kappa shape index (κ3) is 4.48. The van der Waals surface area contributed by atoms with Crippen molar-refractivity contribution in [3.63, 3.8) is 0 Å². The standard InChI is InChI=1S/C14H20N6O/c15-13(16)20-14(17)19-11-7-5-10(6-8-11)18-12(21)9-3-1-2-4-9/h5-9H,1-4H2,(H,18,21)(H6,15,16,17,19,20). The van der Waals surface area contributed by atoms with Crippen LogP contribution in [0.15, 0.2) is 34.3 Å². The maximum absolute atomic E-state index is 12.0. The number of nitrogens with two attached hydrogens (primary N) is 3. The number of amides is 1. The molecule has 7 nitrogen and oxygen atoms in total. The molecule has 2 rings (SSSR count). The quantitative estimate of drug-likeness (QED) is 0.488. The van der Waals surface area contributed by atoms with E-state index in [1.165, 1.54) is 0 Å². The molecule has 1 aromatic rings. The molecule has 0 spiro atoms. The van der Waals surface area contributed by atoms with Gasteiger partial charge in [-0.3, -0.25) is 4.79 Å². The van der Waals surface area contributed by atoms with Crippen LogP contribution in [0.4, 0.5) is 11.4 Å². The highest BCUT2D eigenvalue weighted by Crippen LogP contribution is 2.26. The van der Waals surface area contributed by atoms with E-state index in [4.69, 9.17) is 17.2 Å². The summed E-state index contributed by atoms with van der Waals surface area (Å²) in [6.45, 7) is 0. The van der Waals surface area contributed by atoms with Crippen molar-refractivity contribution in [3.8, 4) is 0 Å². The Labute approximate surface area is 123 Å². The van der Waals surface area contributed by atoms with Gasteiger partial charge in [0.25, 0.3) is 0 Å². The molecule has 1 fully saturated rings. The van der Waals surface area contributed by atoms with E-state index in [1.54, 1.807) is 24.3 Å². The van der Waals surface area contributed by atoms with Gasteiger partial charge in [-0.2, -0.15) is 4.99 Å². The van der Waals surface area contributed by atoms with E-state index < -0.39 is 0 Å². The zero-order chi connectivity index (χ0) is 15.2. The summed E-state index contributed by atoms with van der Waals surface area (Å²) >= 11 is 0. The second-order valence-electron chi connectivity index (χ2n) is 5.02. The third-order valence-corrected chi connectivity index (χ3v) is 3.35. The zero-order valence-electron chi connectivity index (χ0n) is 11.7. The van der Waals surface area contributed by atoms with E-state index in [0.717, 1.165) is 31.4 Å². The lowest BCUT2D eigenvalue weighted by Gasteiger charge is -2.10. The molecule has 0 heterocycles. The van der Waals surface area contributed by atoms with Crippen LogP contribution in [0.5, 0.6) is 0 Å². The van der Waals surface area contributed by atoms with Gasteiger partial charge in [0.05, 0.1) is 5.69 Å². The molecule has 0 atom stereocenters. The molecule has 1 aliphatic carbocycles. The number of anilines is 1. The van der Waals surface area contributed by atoms with Gasteiger partial charge in [-0.1, -0.05) is 12.8 Å². The van der Waals surface area contributed by atoms with Crippen LogP contribution in [0.3, 0.4) is 0 Å². The van der Waals surface area contributed by atoms with Crippen molar-refractivity contribution in [3.05, 3.63) is 24.3 Å². The predicted molar refractivity (Wildman–Crippen MR) is 84.1 cm³/mol. The van der Waals surface area contributed by atoms with Crippen molar-refractivity contribution in [2.24, 2.45) is 33.1 Å². The number of rotatable bonds is 3. The Morgan fingerprint density at radius 3 is 2.29 bits per heavy atom. The van der Waals surface area contributed by atoms with Crippen molar-refractivity contribution >= 4 is 29.2 Å². The molecule has 0 aromatic heterocycles. The number of hydrogen-bond donors (Lipinski definition) is 4. The first-order valence-electron chi connectivity index (χ1n) is 6.89. The van der Waals surface area contributed by atoms with Crippen LogP contribution in [-0.4, -0.2) is 17.8 Å². The molecule has 1 aliphatic rings. The topological polar surface area (TPSA) is 132 Å². The fourth-order valence-electron chi connectivity index (χ4n) is 2.34. The fourth-order valence-corrected chi connectivity index (χ4v) is 2.34. The van der Waals surface area contributed by atoms with E-state index in [0.29, 0.717) is 5.69 Å². The molecule has 0 unspecified atom stereocenters. The minimum atomic E-state index is -0.142. The third-order valence-electron chi connectivity index (χ3n) is 3.35. The number of benzene rings is 1. The molecule has 0 bridgehead atoms. The molecule has 7 N–H and O–H groups in total. The summed E-state index contributed by atoms with van der Waals surface area (Å²) in [6.07, 6.45) is 4.22. The molecule has 1 amide bonds. The van der Waals surface area contributed by atoms with Gasteiger partial charge in [0.1, 0.15) is 0 Å². The van der Waals surface area contributed by atoms with E-state index in [9.17, 15) is 4.79 Å². The first kappa shape index (κ1) is 14.8. The lowest BCUT2D eigenvalue weighted by molar-refractivity contribution is -0.119. The lowest BCUT2D eigenvalue weighted by atomic mass is 10.1. The average Bonchev–Trinajstić information content (AvgIpc) is 2.94. The van der Waals surface area contributed by atoms with Gasteiger partial charge < -0.3 is 22.5 Å². The van der Waals surface area contributed by atoms with Crippen molar-refractivity contribution in [2.45, 2.75) is 25.7 Å². The molecular weight excluding hydrogens is 268 g/mol. The normalized spacial score (nSPS) is 15.7. The van der Waals surface area contributed by atoms with E-state index in [2.05, 4.69) is 15.3 Å². The Morgan fingerprint density at radius 2 is 1.71 bits per heavy atom. The number of nitrogens with zero attached hydrogens (tertiary/aromatic N) is 2. The summed E-state index contributed by atoms with van der Waals surface area (Å²) in [7, 11) is 0. The van der Waals surface area contributed by atoms with Crippen LogP contribution in [0.1, 0.15) is 25.7 Å². The first-order valence-corrected chi connectivity index (χ1v) is 6.89. The molecule has 112 valence electrons. The fraction of sp³-hybridized carbons (Fsp3) is 0.357. The summed E-state index contributed by atoms with van der Waals surface area (Å²) in [5.41, 5.74) is 17.3. The smallest absolute Gasteiger partial charge is 0.227 e. The number of guanidine groups is 2. The summed E-state index contributed by atoms with van der Waals surface area (Å²) in [5, 5.41) is 2.91. The van der Waals surface area contributed by atoms with E-state index in [-0.39, 0.29) is 23.7 Å². The highest BCUT2D eigenvalue weighted by molar-refractivity contribution is 5.94. The molecule has 0 aliphatic heterocycles. The van der Waals surface area contributed by atoms with Crippen LogP contribution in [0, 0.1) is 5.92 Å². The minimum Gasteiger partial charge on any atom is -0.370 e. The Bertz CT molecular complexity index is 553. The van der Waals surface area contributed by atoms with Crippen molar-refractivity contribution in [1.82, 2.24) is 0 Å². The molecule has 7 heteroatoms. The van der Waals surface area contributed by atoms with Crippen LogP contribution < -0.4 is 22.5 Å². The van der Waals surface area contributed by atoms with Crippen molar-refractivity contribution in [2.75, 3.05) is 5.32 Å². The van der Waals surface area contributed by atoms with Crippen LogP contribution in [-0.2, 0) is 4.79 Å². The average molecular weight is 288 g/mol. The Kier molecular flexibility index (Phi) is 4.76. The lowest BCUT2D eigenvalue weighted by Crippen LogP contribution is -2.26. The number of hydrogen-bond acceptors (Lipinski definition) is 2. The number of carbonyl (C=O) groups is 1. The van der Waals surface area contributed by atoms with Crippen molar-refractivity contribution < 1.29 is 4.79 Å². The van der Waals surface area contributed by atoms with Crippen LogP contribution in [0.2, 0.25) is 0 Å². The Morgan fingerprint density at radius 1 is 1.10 bits per heavy atom.